The van der Waals surface area contributed by atoms with Crippen molar-refractivity contribution in [2.24, 2.45) is 0 Å². The zero-order valence-corrected chi connectivity index (χ0v) is 23.7. The quantitative estimate of drug-likeness (QED) is 0.168. The van der Waals surface area contributed by atoms with E-state index in [2.05, 4.69) is 26.0 Å². The molecule has 4 aromatic rings. The molecule has 0 spiro atoms. The van der Waals surface area contributed by atoms with Gasteiger partial charge in [0.2, 0.25) is 5.28 Å². The van der Waals surface area contributed by atoms with Crippen LogP contribution in [-0.4, -0.2) is 82.6 Å². The van der Waals surface area contributed by atoms with Gasteiger partial charge < -0.3 is 29.3 Å². The molecule has 5 atom stereocenters. The summed E-state index contributed by atoms with van der Waals surface area (Å²) in [7, 11) is 0. The van der Waals surface area contributed by atoms with Crippen LogP contribution in [0.25, 0.3) is 11.2 Å². The lowest BCUT2D eigenvalue weighted by Crippen LogP contribution is -2.48. The number of imidazole rings is 1. The minimum absolute atomic E-state index is 0.0830. The number of carboxylic acids is 1. The fraction of sp³-hybridized carbons (Fsp3) is 0.357. The Bertz CT molecular complexity index is 1700. The minimum Gasteiger partial charge on any atom is -0.479 e. The van der Waals surface area contributed by atoms with Crippen LogP contribution in [0.4, 0.5) is 4.39 Å². The van der Waals surface area contributed by atoms with Gasteiger partial charge in [0.1, 0.15) is 29.3 Å². The van der Waals surface area contributed by atoms with Crippen molar-refractivity contribution in [1.82, 2.24) is 24.7 Å². The van der Waals surface area contributed by atoms with Gasteiger partial charge >= 0.3 is 12.1 Å². The van der Waals surface area contributed by atoms with Crippen LogP contribution in [0.5, 0.6) is 0 Å². The predicted octanol–water partition coefficient (Wildman–Crippen LogP) is 1.45. The molecule has 1 aromatic carbocycles. The molecule has 3 aromatic heterocycles. The Morgan fingerprint density at radius 1 is 1.27 bits per heavy atom. The Morgan fingerprint density at radius 2 is 1.98 bits per heavy atom. The molecule has 44 heavy (non-hydrogen) atoms. The Hall–Kier alpha value is -4.55. The summed E-state index contributed by atoms with van der Waals surface area (Å²) >= 11 is 6.21. The van der Waals surface area contributed by atoms with Gasteiger partial charge in [0.25, 0.3) is 0 Å². The number of benzene rings is 1. The third kappa shape index (κ3) is 6.98. The first kappa shape index (κ1) is 32.4. The van der Waals surface area contributed by atoms with E-state index in [1.165, 1.54) is 23.0 Å². The second-order valence-corrected chi connectivity index (χ2v) is 10.0. The molecule has 16 heteroatoms. The molecule has 4 heterocycles. The zero-order chi connectivity index (χ0) is 32.0. The highest BCUT2D eigenvalue weighted by molar-refractivity contribution is 6.28. The number of aliphatic carboxylic acids is 1. The summed E-state index contributed by atoms with van der Waals surface area (Å²) in [5.74, 6) is 1.05. The molecule has 230 valence electrons. The summed E-state index contributed by atoms with van der Waals surface area (Å²) in [6.07, 6.45) is 2.39. The first-order valence-corrected chi connectivity index (χ1v) is 13.3. The van der Waals surface area contributed by atoms with Gasteiger partial charge in [-0.05, 0) is 49.1 Å². The fourth-order valence-electron chi connectivity index (χ4n) is 4.66. The number of fused-ring (bicyclic) bond motifs is 1. The number of rotatable bonds is 10. The number of carboxylic acid groups (broad SMARTS) is 1. The summed E-state index contributed by atoms with van der Waals surface area (Å²) in [6, 6.07) is 7.65. The summed E-state index contributed by atoms with van der Waals surface area (Å²) in [5.41, 5.74) is 0.110. The molecule has 0 radical (unpaired) electrons. The van der Waals surface area contributed by atoms with Crippen LogP contribution in [0.2, 0.25) is 5.28 Å². The Balaban J connectivity index is 0.00000141. The number of aryl methyl sites for hydroxylation is 3. The highest BCUT2D eigenvalue weighted by atomic mass is 35.5. The molecule has 1 aliphatic rings. The largest absolute Gasteiger partial charge is 0.479 e. The van der Waals surface area contributed by atoms with E-state index in [0.717, 1.165) is 5.56 Å². The molecule has 3 N–H and O–H groups in total. The molecule has 5 rings (SSSR count). The monoisotopic (exact) mass is 629 g/mol. The van der Waals surface area contributed by atoms with Crippen molar-refractivity contribution >= 4 is 34.9 Å². The lowest BCUT2D eigenvalue weighted by Gasteiger charge is -2.26. The number of ether oxygens (including phenoxy) is 2. The maximum Gasteiger partial charge on any atom is 0.373 e. The van der Waals surface area contributed by atoms with E-state index in [0.29, 0.717) is 35.5 Å². The first-order valence-electron chi connectivity index (χ1n) is 12.9. The number of aromatic nitrogens is 5. The number of aliphatic hydroxyl groups excluding tert-OH is 1. The molecule has 1 unspecified atom stereocenters. The number of carbonyl (C=O) groups is 1. The zero-order valence-electron chi connectivity index (χ0n) is 23.0. The molecular weight excluding hydrogens is 605 g/mol. The van der Waals surface area contributed by atoms with Crippen LogP contribution >= 0.6 is 11.6 Å². The molecular formula is C28H25ClFN5O9. The van der Waals surface area contributed by atoms with Gasteiger partial charge in [-0.25, -0.2) is 19.2 Å². The predicted molar refractivity (Wildman–Crippen MR) is 145 cm³/mol. The topological polar surface area (TPSA) is 200 Å². The van der Waals surface area contributed by atoms with Crippen molar-refractivity contribution in [1.29, 1.82) is 0 Å². The Labute approximate surface area is 253 Å². The number of terminal acetylenes is 1. The van der Waals surface area contributed by atoms with Gasteiger partial charge in [-0.3, -0.25) is 4.57 Å². The van der Waals surface area contributed by atoms with E-state index in [9.17, 15) is 24.5 Å². The standard InChI is InChI=1S/C27H25ClFN5O7.CO2/c1-3-27(38)20(12-39-19(25(36)37)11-17-10-14(2)41-33-17)40-24(22(27)35)34-13-30-21-18(31-26(28)32-23(21)34)9-6-15-4-7-16(29)8-5-15;2-1-3/h1,4-5,7-8,10,13,19-20,22,24,35,38H,6,9,11-12H2,2H3,(H,36,37);/t19?,20-,22+,24-,27-;/m1./s1. The van der Waals surface area contributed by atoms with E-state index in [1.54, 1.807) is 25.1 Å². The second kappa shape index (κ2) is 13.8. The highest BCUT2D eigenvalue weighted by Gasteiger charge is 2.56. The Kier molecular flexibility index (Phi) is 10.2. The third-order valence-corrected chi connectivity index (χ3v) is 7.02. The number of hydrogen-bond acceptors (Lipinski definition) is 12. The maximum atomic E-state index is 13.3. The van der Waals surface area contributed by atoms with Crippen LogP contribution in [0.1, 0.15) is 28.9 Å². The van der Waals surface area contributed by atoms with Crippen molar-refractivity contribution in [2.45, 2.75) is 56.3 Å². The van der Waals surface area contributed by atoms with E-state index in [1.807, 2.05) is 0 Å². The minimum atomic E-state index is -2.24. The van der Waals surface area contributed by atoms with Crippen molar-refractivity contribution in [3.05, 3.63) is 70.5 Å². The van der Waals surface area contributed by atoms with E-state index < -0.39 is 42.7 Å². The Morgan fingerprint density at radius 3 is 2.59 bits per heavy atom. The van der Waals surface area contributed by atoms with Gasteiger partial charge in [0, 0.05) is 12.5 Å². The van der Waals surface area contributed by atoms with Gasteiger partial charge in [0.05, 0.1) is 24.3 Å². The number of aliphatic hydroxyl groups is 2. The highest BCUT2D eigenvalue weighted by Crippen LogP contribution is 2.39. The van der Waals surface area contributed by atoms with Gasteiger partial charge in [-0.2, -0.15) is 14.6 Å². The summed E-state index contributed by atoms with van der Waals surface area (Å²) < 4.78 is 31.1. The summed E-state index contributed by atoms with van der Waals surface area (Å²) in [5, 5.41) is 35.6. The molecule has 14 nitrogen and oxygen atoms in total. The van der Waals surface area contributed by atoms with E-state index >= 15 is 0 Å². The average molecular weight is 630 g/mol. The molecule has 1 saturated heterocycles. The van der Waals surface area contributed by atoms with Crippen molar-refractivity contribution in [2.75, 3.05) is 6.61 Å². The average Bonchev–Trinajstić information content (AvgIpc) is 3.67. The third-order valence-electron chi connectivity index (χ3n) is 6.85. The fourth-order valence-corrected chi connectivity index (χ4v) is 4.84. The lowest BCUT2D eigenvalue weighted by molar-refractivity contribution is -0.191. The second-order valence-electron chi connectivity index (χ2n) is 9.70. The molecule has 1 aliphatic heterocycles. The lowest BCUT2D eigenvalue weighted by atomic mass is 9.93. The van der Waals surface area contributed by atoms with Gasteiger partial charge in [-0.1, -0.05) is 23.2 Å². The summed E-state index contributed by atoms with van der Waals surface area (Å²) in [4.78, 5) is 41.0. The van der Waals surface area contributed by atoms with Crippen LogP contribution in [-0.2, 0) is 43.1 Å². The normalized spacial score (nSPS) is 21.7. The van der Waals surface area contributed by atoms with Crippen LogP contribution < -0.4 is 0 Å². The molecule has 0 saturated carbocycles. The van der Waals surface area contributed by atoms with Crippen molar-refractivity contribution in [3.63, 3.8) is 0 Å². The van der Waals surface area contributed by atoms with Gasteiger partial charge in [0.15, 0.2) is 23.6 Å². The SMILES string of the molecule is C#C[C@@]1(O)[C@@H](COC(Cc2cc(C)on2)C(=O)O)O[C@@H](n2cnc3c(CCc4ccc(F)cc4)nc(Cl)nc32)[C@@H]1O.O=C=O. The van der Waals surface area contributed by atoms with Crippen LogP contribution in [0, 0.1) is 25.1 Å². The maximum absolute atomic E-state index is 13.3. The molecule has 1 fully saturated rings. The number of nitrogens with zero attached hydrogens (tertiary/aromatic N) is 5. The smallest absolute Gasteiger partial charge is 0.373 e. The van der Waals surface area contributed by atoms with Crippen molar-refractivity contribution in [3.8, 4) is 12.3 Å². The molecule has 0 amide bonds. The van der Waals surface area contributed by atoms with Gasteiger partial charge in [-0.15, -0.1) is 6.42 Å². The number of halogens is 2. The van der Waals surface area contributed by atoms with E-state index in [4.69, 9.17) is 41.6 Å². The van der Waals surface area contributed by atoms with Crippen LogP contribution in [0.3, 0.4) is 0 Å². The van der Waals surface area contributed by atoms with Crippen molar-refractivity contribution < 1.29 is 48.1 Å². The number of carbonyl (C=O) groups excluding carboxylic acids is 2. The van der Waals surface area contributed by atoms with Crippen LogP contribution in [0.15, 0.2) is 41.2 Å². The first-order chi connectivity index (χ1) is 21.0. The van der Waals surface area contributed by atoms with E-state index in [-0.39, 0.29) is 29.3 Å². The molecule has 0 bridgehead atoms. The molecule has 0 aliphatic carbocycles. The summed E-state index contributed by atoms with van der Waals surface area (Å²) in [6.45, 7) is 1.20. The number of hydrogen-bond donors (Lipinski definition) is 3.